The van der Waals surface area contributed by atoms with Crippen LogP contribution in [0.2, 0.25) is 5.02 Å². The van der Waals surface area contributed by atoms with Crippen LogP contribution in [0, 0.1) is 5.41 Å². The second-order valence-electron chi connectivity index (χ2n) is 6.83. The van der Waals surface area contributed by atoms with Gasteiger partial charge in [0.15, 0.2) is 0 Å². The van der Waals surface area contributed by atoms with E-state index in [4.69, 9.17) is 28.6 Å². The van der Waals surface area contributed by atoms with Gasteiger partial charge in [0.2, 0.25) is 0 Å². The molecule has 2 aliphatic heterocycles. The normalized spacial score (nSPS) is 18.3. The molecule has 6 nitrogen and oxygen atoms in total. The fourth-order valence-corrected chi connectivity index (χ4v) is 4.42. The van der Waals surface area contributed by atoms with Crippen molar-refractivity contribution in [1.82, 2.24) is 0 Å². The van der Waals surface area contributed by atoms with Gasteiger partial charge in [0.05, 0.1) is 11.1 Å². The molecule has 0 atom stereocenters. The molecule has 2 aliphatic rings. The summed E-state index contributed by atoms with van der Waals surface area (Å²) in [6.07, 6.45) is 2.56. The summed E-state index contributed by atoms with van der Waals surface area (Å²) in [6, 6.07) is 11.2. The van der Waals surface area contributed by atoms with Crippen LogP contribution in [0.25, 0.3) is 0 Å². The molecule has 0 saturated carbocycles. The lowest BCUT2D eigenvalue weighted by Crippen LogP contribution is -2.50. The van der Waals surface area contributed by atoms with Crippen molar-refractivity contribution < 1.29 is 4.79 Å². The van der Waals surface area contributed by atoms with Gasteiger partial charge >= 0.3 is 0 Å². The highest BCUT2D eigenvalue weighted by Crippen LogP contribution is 2.47. The Bertz CT molecular complexity index is 905. The smallest absolute Gasteiger partial charge is 0.252 e. The number of hydrogen-bond acceptors (Lipinski definition) is 5. The number of piperidine rings is 1. The van der Waals surface area contributed by atoms with Gasteiger partial charge in [-0.1, -0.05) is 29.8 Å². The number of benzene rings is 2. The maximum absolute atomic E-state index is 12.9. The molecule has 2 aromatic rings. The second kappa shape index (κ2) is 6.00. The number of carbonyl (C=O) groups is 1. The van der Waals surface area contributed by atoms with Crippen LogP contribution in [0.4, 0.5) is 17.1 Å². The molecule has 5 N–H and O–H groups in total. The van der Waals surface area contributed by atoms with Crippen molar-refractivity contribution >= 4 is 40.8 Å². The predicted octanol–water partition coefficient (Wildman–Crippen LogP) is 2.68. The molecule has 7 heteroatoms. The summed E-state index contributed by atoms with van der Waals surface area (Å²) >= 11 is 6.17. The van der Waals surface area contributed by atoms with E-state index >= 15 is 0 Å². The predicted molar refractivity (Wildman–Crippen MR) is 105 cm³/mol. The van der Waals surface area contributed by atoms with Crippen LogP contribution in [-0.4, -0.2) is 25.2 Å². The number of hydrazine groups is 1. The number of para-hydroxylation sites is 1. The largest absolute Gasteiger partial charge is 0.398 e. The van der Waals surface area contributed by atoms with Gasteiger partial charge in [-0.25, -0.2) is 10.9 Å². The van der Waals surface area contributed by atoms with Crippen LogP contribution < -0.4 is 21.5 Å². The van der Waals surface area contributed by atoms with Crippen LogP contribution in [0.1, 0.15) is 24.0 Å². The standard InChI is InChI=1S/C19H20ClN5O/c20-12-9-15(22)13(11-21)17(10-12)24-7-5-19(6-8-24)14-3-1-2-4-16(14)25(23)18(19)26/h1-4,9-11,21H,5-8,22-23H2. The summed E-state index contributed by atoms with van der Waals surface area (Å²) < 4.78 is 0. The molecule has 4 rings (SSSR count). The zero-order valence-electron chi connectivity index (χ0n) is 14.2. The third-order valence-electron chi connectivity index (χ3n) is 5.56. The summed E-state index contributed by atoms with van der Waals surface area (Å²) in [5.74, 6) is 5.99. The topological polar surface area (TPSA) is 99.4 Å². The molecule has 0 unspecified atom stereocenters. The van der Waals surface area contributed by atoms with Gasteiger partial charge in [-0.15, -0.1) is 0 Å². The minimum Gasteiger partial charge on any atom is -0.398 e. The highest BCUT2D eigenvalue weighted by molar-refractivity contribution is 6.31. The van der Waals surface area contributed by atoms with Crippen molar-refractivity contribution in [2.45, 2.75) is 18.3 Å². The Hall–Kier alpha value is -2.57. The molecule has 0 aliphatic carbocycles. The number of rotatable bonds is 2. The van der Waals surface area contributed by atoms with E-state index in [9.17, 15) is 4.79 Å². The number of nitrogen functional groups attached to an aromatic ring is 1. The van der Waals surface area contributed by atoms with E-state index in [1.807, 2.05) is 30.3 Å². The molecule has 26 heavy (non-hydrogen) atoms. The molecule has 1 amide bonds. The summed E-state index contributed by atoms with van der Waals surface area (Å²) in [4.78, 5) is 15.1. The highest BCUT2D eigenvalue weighted by Gasteiger charge is 2.51. The zero-order chi connectivity index (χ0) is 18.5. The number of fused-ring (bicyclic) bond motifs is 2. The number of nitrogens with one attached hydrogen (secondary N) is 1. The van der Waals surface area contributed by atoms with Gasteiger partial charge in [0.25, 0.3) is 5.91 Å². The molecule has 0 aromatic heterocycles. The lowest BCUT2D eigenvalue weighted by atomic mass is 9.73. The first-order valence-corrected chi connectivity index (χ1v) is 8.89. The summed E-state index contributed by atoms with van der Waals surface area (Å²) in [6.45, 7) is 1.32. The number of amides is 1. The second-order valence-corrected chi connectivity index (χ2v) is 7.27. The monoisotopic (exact) mass is 369 g/mol. The number of nitrogens with two attached hydrogens (primary N) is 2. The molecule has 1 spiro atoms. The Kier molecular flexibility index (Phi) is 3.89. The number of hydrogen-bond donors (Lipinski definition) is 3. The first-order valence-electron chi connectivity index (χ1n) is 8.51. The first kappa shape index (κ1) is 16.9. The number of nitrogens with zero attached hydrogens (tertiary/aromatic N) is 2. The molecule has 2 aromatic carbocycles. The van der Waals surface area contributed by atoms with Crippen LogP contribution in [0.3, 0.4) is 0 Å². The van der Waals surface area contributed by atoms with E-state index < -0.39 is 5.41 Å². The van der Waals surface area contributed by atoms with Gasteiger partial charge in [-0.05, 0) is 36.6 Å². The van der Waals surface area contributed by atoms with Gasteiger partial charge in [0, 0.05) is 41.3 Å². The molecule has 134 valence electrons. The molecular formula is C19H20ClN5O. The fraction of sp³-hybridized carbons (Fsp3) is 0.263. The van der Waals surface area contributed by atoms with Gasteiger partial charge in [0.1, 0.15) is 0 Å². The zero-order valence-corrected chi connectivity index (χ0v) is 15.0. The molecular weight excluding hydrogens is 350 g/mol. The third-order valence-corrected chi connectivity index (χ3v) is 5.78. The summed E-state index contributed by atoms with van der Waals surface area (Å²) in [7, 11) is 0. The molecule has 0 bridgehead atoms. The minimum atomic E-state index is -0.573. The first-order chi connectivity index (χ1) is 12.5. The Morgan fingerprint density at radius 1 is 1.15 bits per heavy atom. The lowest BCUT2D eigenvalue weighted by molar-refractivity contribution is -0.124. The highest BCUT2D eigenvalue weighted by atomic mass is 35.5. The Balaban J connectivity index is 1.67. The average molecular weight is 370 g/mol. The van der Waals surface area contributed by atoms with Crippen molar-refractivity contribution in [2.75, 3.05) is 28.7 Å². The minimum absolute atomic E-state index is 0.0452. The molecule has 1 fully saturated rings. The van der Waals surface area contributed by atoms with Gasteiger partial charge < -0.3 is 16.0 Å². The van der Waals surface area contributed by atoms with E-state index in [0.717, 1.165) is 16.9 Å². The van der Waals surface area contributed by atoms with E-state index in [2.05, 4.69) is 4.90 Å². The van der Waals surface area contributed by atoms with Crippen molar-refractivity contribution in [3.8, 4) is 0 Å². The van der Waals surface area contributed by atoms with Crippen LogP contribution in [-0.2, 0) is 10.2 Å². The van der Waals surface area contributed by atoms with Crippen LogP contribution in [0.5, 0.6) is 0 Å². The fourth-order valence-electron chi connectivity index (χ4n) is 4.20. The van der Waals surface area contributed by atoms with Crippen molar-refractivity contribution in [2.24, 2.45) is 5.84 Å². The quantitative estimate of drug-likeness (QED) is 0.328. The Morgan fingerprint density at radius 2 is 1.85 bits per heavy atom. The van der Waals surface area contributed by atoms with Crippen molar-refractivity contribution in [3.05, 3.63) is 52.5 Å². The van der Waals surface area contributed by atoms with E-state index in [1.165, 1.54) is 11.2 Å². The van der Waals surface area contributed by atoms with Crippen LogP contribution in [0.15, 0.2) is 36.4 Å². The van der Waals surface area contributed by atoms with E-state index in [-0.39, 0.29) is 5.91 Å². The Labute approximate surface area is 156 Å². The Morgan fingerprint density at radius 3 is 2.54 bits per heavy atom. The SMILES string of the molecule is N=Cc1c(N)cc(Cl)cc1N1CCC2(CC1)C(=O)N(N)c1ccccc12. The number of halogens is 1. The third kappa shape index (κ3) is 2.29. The maximum atomic E-state index is 12.9. The molecule has 2 heterocycles. The van der Waals surface area contributed by atoms with Crippen molar-refractivity contribution in [1.29, 1.82) is 5.41 Å². The van der Waals surface area contributed by atoms with Gasteiger partial charge in [-0.3, -0.25) is 4.79 Å². The maximum Gasteiger partial charge on any atom is 0.252 e. The molecule has 0 radical (unpaired) electrons. The van der Waals surface area contributed by atoms with E-state index in [0.29, 0.717) is 42.2 Å². The summed E-state index contributed by atoms with van der Waals surface area (Å²) in [5.41, 5.74) is 9.22. The molecule has 1 saturated heterocycles. The number of anilines is 3. The lowest BCUT2D eigenvalue weighted by Gasteiger charge is -2.40. The van der Waals surface area contributed by atoms with Gasteiger partial charge in [-0.2, -0.15) is 0 Å². The number of carbonyl (C=O) groups excluding carboxylic acids is 1. The van der Waals surface area contributed by atoms with E-state index in [1.54, 1.807) is 6.07 Å². The average Bonchev–Trinajstić information content (AvgIpc) is 2.85. The van der Waals surface area contributed by atoms with Crippen molar-refractivity contribution in [3.63, 3.8) is 0 Å². The summed E-state index contributed by atoms with van der Waals surface area (Å²) in [5, 5.41) is 9.50. The van der Waals surface area contributed by atoms with Crippen LogP contribution >= 0.6 is 11.6 Å².